The molecular formula is C9H7F2N3O2S2. The fraction of sp³-hybridized carbons (Fsp3) is 0.222. The molecule has 0 atom stereocenters. The number of halogens is 2. The van der Waals surface area contributed by atoms with Gasteiger partial charge in [0.2, 0.25) is 5.13 Å². The van der Waals surface area contributed by atoms with E-state index in [1.165, 1.54) is 28.3 Å². The highest BCUT2D eigenvalue weighted by Crippen LogP contribution is 2.28. The Morgan fingerprint density at radius 3 is 2.94 bits per heavy atom. The first-order chi connectivity index (χ1) is 8.58. The highest BCUT2D eigenvalue weighted by Gasteiger charge is 2.18. The van der Waals surface area contributed by atoms with Gasteiger partial charge in [0.1, 0.15) is 10.7 Å². The van der Waals surface area contributed by atoms with E-state index in [0.717, 1.165) is 11.8 Å². The second-order valence-corrected chi connectivity index (χ2v) is 4.99. The minimum atomic E-state index is -2.70. The molecule has 0 unspecified atom stereocenters. The third-order valence-corrected chi connectivity index (χ3v) is 3.59. The summed E-state index contributed by atoms with van der Waals surface area (Å²) in [5.41, 5.74) is -0.391. The zero-order valence-electron chi connectivity index (χ0n) is 8.79. The lowest BCUT2D eigenvalue weighted by Crippen LogP contribution is -2.02. The van der Waals surface area contributed by atoms with Crippen LogP contribution in [0, 0.1) is 0 Å². The Kier molecular flexibility index (Phi) is 3.92. The van der Waals surface area contributed by atoms with E-state index >= 15 is 0 Å². The summed E-state index contributed by atoms with van der Waals surface area (Å²) in [7, 11) is 0. The molecule has 5 nitrogen and oxygen atoms in total. The molecule has 0 aliphatic carbocycles. The van der Waals surface area contributed by atoms with Gasteiger partial charge in [-0.25, -0.2) is 13.8 Å². The van der Waals surface area contributed by atoms with E-state index in [0.29, 0.717) is 10.2 Å². The molecular weight excluding hydrogens is 284 g/mol. The predicted octanol–water partition coefficient (Wildman–Crippen LogP) is 2.44. The molecule has 18 heavy (non-hydrogen) atoms. The van der Waals surface area contributed by atoms with Crippen LogP contribution in [0.4, 0.5) is 8.78 Å². The van der Waals surface area contributed by atoms with Gasteiger partial charge >= 0.3 is 5.97 Å². The van der Waals surface area contributed by atoms with Crippen LogP contribution in [0.3, 0.4) is 0 Å². The number of hydrogen-bond acceptors (Lipinski definition) is 5. The second-order valence-electron chi connectivity index (χ2n) is 3.12. The number of aromatic nitrogens is 3. The van der Waals surface area contributed by atoms with Crippen molar-refractivity contribution < 1.29 is 18.7 Å². The van der Waals surface area contributed by atoms with Crippen molar-refractivity contribution >= 4 is 29.1 Å². The van der Waals surface area contributed by atoms with Crippen molar-refractivity contribution in [3.63, 3.8) is 0 Å². The van der Waals surface area contributed by atoms with Gasteiger partial charge in [-0.1, -0.05) is 11.8 Å². The van der Waals surface area contributed by atoms with Gasteiger partial charge in [0.05, 0.1) is 5.75 Å². The largest absolute Gasteiger partial charge is 0.481 e. The summed E-state index contributed by atoms with van der Waals surface area (Å²) in [6, 6.07) is 1.18. The monoisotopic (exact) mass is 291 g/mol. The molecule has 0 aliphatic heterocycles. The van der Waals surface area contributed by atoms with Crippen LogP contribution in [0.2, 0.25) is 0 Å². The van der Waals surface area contributed by atoms with Crippen molar-refractivity contribution in [3.8, 4) is 5.13 Å². The Morgan fingerprint density at radius 2 is 2.39 bits per heavy atom. The van der Waals surface area contributed by atoms with Crippen LogP contribution in [0.1, 0.15) is 12.1 Å². The van der Waals surface area contributed by atoms with Crippen molar-refractivity contribution in [1.82, 2.24) is 14.8 Å². The zero-order chi connectivity index (χ0) is 13.1. The van der Waals surface area contributed by atoms with E-state index < -0.39 is 18.1 Å². The number of nitrogens with zero attached hydrogens (tertiary/aromatic N) is 3. The molecule has 0 amide bonds. The van der Waals surface area contributed by atoms with Gasteiger partial charge in [0.15, 0.2) is 0 Å². The first-order valence-electron chi connectivity index (χ1n) is 4.70. The molecule has 0 bridgehead atoms. The predicted molar refractivity (Wildman–Crippen MR) is 62.6 cm³/mol. The highest BCUT2D eigenvalue weighted by atomic mass is 32.2. The Hall–Kier alpha value is -1.48. The second kappa shape index (κ2) is 5.44. The van der Waals surface area contributed by atoms with Gasteiger partial charge in [-0.15, -0.1) is 11.3 Å². The number of aliphatic carboxylic acids is 1. The maximum Gasteiger partial charge on any atom is 0.313 e. The summed E-state index contributed by atoms with van der Waals surface area (Å²) in [6.45, 7) is 0. The number of carboxylic acids is 1. The van der Waals surface area contributed by atoms with Crippen LogP contribution >= 0.6 is 23.1 Å². The minimum Gasteiger partial charge on any atom is -0.481 e. The van der Waals surface area contributed by atoms with Gasteiger partial charge < -0.3 is 5.11 Å². The van der Waals surface area contributed by atoms with Gasteiger partial charge in [-0.2, -0.15) is 9.78 Å². The van der Waals surface area contributed by atoms with Crippen LogP contribution < -0.4 is 0 Å². The summed E-state index contributed by atoms with van der Waals surface area (Å²) in [5, 5.41) is 14.8. The average molecular weight is 291 g/mol. The number of carboxylic acid groups (broad SMARTS) is 1. The summed E-state index contributed by atoms with van der Waals surface area (Å²) >= 11 is 2.16. The molecule has 2 rings (SSSR count). The van der Waals surface area contributed by atoms with Crippen LogP contribution in [-0.2, 0) is 4.79 Å². The molecule has 1 N–H and O–H groups in total. The summed E-state index contributed by atoms with van der Waals surface area (Å²) in [6.07, 6.45) is -1.18. The zero-order valence-corrected chi connectivity index (χ0v) is 10.4. The van der Waals surface area contributed by atoms with Crippen LogP contribution in [0.5, 0.6) is 0 Å². The number of alkyl halides is 2. The van der Waals surface area contributed by atoms with Crippen molar-refractivity contribution in [1.29, 1.82) is 0 Å². The molecule has 0 saturated carbocycles. The number of thiazole rings is 1. The van der Waals surface area contributed by atoms with E-state index in [1.54, 1.807) is 5.38 Å². The van der Waals surface area contributed by atoms with E-state index in [1.807, 2.05) is 0 Å². The Labute approximate surface area is 108 Å². The van der Waals surface area contributed by atoms with E-state index in [2.05, 4.69) is 10.1 Å². The molecule has 0 aromatic carbocycles. The Morgan fingerprint density at radius 1 is 1.61 bits per heavy atom. The van der Waals surface area contributed by atoms with E-state index in [4.69, 9.17) is 5.11 Å². The Bertz CT molecular complexity index is 542. The molecule has 0 spiro atoms. The van der Waals surface area contributed by atoms with Crippen molar-refractivity contribution in [2.24, 2.45) is 0 Å². The fourth-order valence-electron chi connectivity index (χ4n) is 1.18. The van der Waals surface area contributed by atoms with Crippen molar-refractivity contribution in [2.75, 3.05) is 5.75 Å². The lowest BCUT2D eigenvalue weighted by Gasteiger charge is -2.01. The molecule has 0 fully saturated rings. The van der Waals surface area contributed by atoms with Gasteiger partial charge in [-0.05, 0) is 6.07 Å². The number of hydrogen-bond donors (Lipinski definition) is 1. The van der Waals surface area contributed by atoms with Crippen LogP contribution in [0.25, 0.3) is 5.13 Å². The smallest absolute Gasteiger partial charge is 0.313 e. The summed E-state index contributed by atoms with van der Waals surface area (Å²) < 4.78 is 26.4. The molecule has 0 aliphatic rings. The normalized spacial score (nSPS) is 11.1. The maximum absolute atomic E-state index is 12.6. The molecule has 9 heteroatoms. The van der Waals surface area contributed by atoms with Crippen LogP contribution in [-0.4, -0.2) is 31.6 Å². The molecule has 96 valence electrons. The summed E-state index contributed by atoms with van der Waals surface area (Å²) in [5.74, 6) is -1.25. The first-order valence-corrected chi connectivity index (χ1v) is 6.57. The van der Waals surface area contributed by atoms with E-state index in [-0.39, 0.29) is 5.75 Å². The Balaban J connectivity index is 2.33. The van der Waals surface area contributed by atoms with E-state index in [9.17, 15) is 13.6 Å². The lowest BCUT2D eigenvalue weighted by atomic mass is 10.5. The average Bonchev–Trinajstić information content (AvgIpc) is 2.95. The topological polar surface area (TPSA) is 68.0 Å². The number of rotatable bonds is 5. The first kappa shape index (κ1) is 13.0. The third-order valence-electron chi connectivity index (χ3n) is 1.86. The van der Waals surface area contributed by atoms with Gasteiger partial charge in [0, 0.05) is 11.6 Å². The summed E-state index contributed by atoms with van der Waals surface area (Å²) in [4.78, 5) is 14.5. The van der Waals surface area contributed by atoms with Gasteiger partial charge in [-0.3, -0.25) is 4.79 Å². The molecule has 2 aromatic rings. The molecule has 0 saturated heterocycles. The molecule has 0 radical (unpaired) electrons. The molecule has 2 aromatic heterocycles. The maximum atomic E-state index is 12.6. The molecule has 2 heterocycles. The third kappa shape index (κ3) is 2.85. The van der Waals surface area contributed by atoms with Gasteiger partial charge in [0.25, 0.3) is 6.43 Å². The van der Waals surface area contributed by atoms with Crippen LogP contribution in [0.15, 0.2) is 22.7 Å². The fourth-order valence-corrected chi connectivity index (χ4v) is 2.57. The SMILES string of the molecule is O=C(O)CSc1cc(C(F)F)nn1-c1nccs1. The number of thioether (sulfide) groups is 1. The minimum absolute atomic E-state index is 0.222. The van der Waals surface area contributed by atoms with Crippen molar-refractivity contribution in [2.45, 2.75) is 11.5 Å². The standard InChI is InChI=1S/C9H7F2N3O2S2/c10-8(11)5-3-6(18-4-7(15)16)14(13-5)9-12-1-2-17-9/h1-3,8H,4H2,(H,15,16). The highest BCUT2D eigenvalue weighted by molar-refractivity contribution is 7.99. The van der Waals surface area contributed by atoms with Crippen molar-refractivity contribution in [3.05, 3.63) is 23.3 Å². The lowest BCUT2D eigenvalue weighted by molar-refractivity contribution is -0.133. The number of carbonyl (C=O) groups is 1. The quantitative estimate of drug-likeness (QED) is 0.857.